The highest BCUT2D eigenvalue weighted by atomic mass is 15.2. The Morgan fingerprint density at radius 1 is 0.929 bits per heavy atom. The second-order valence-corrected chi connectivity index (χ2v) is 6.32. The molecule has 3 rings (SSSR count). The Morgan fingerprint density at radius 2 is 1.36 bits per heavy atom. The van der Waals surface area contributed by atoms with E-state index in [4.69, 9.17) is 0 Å². The van der Waals surface area contributed by atoms with Crippen LogP contribution in [-0.2, 0) is 0 Å². The summed E-state index contributed by atoms with van der Waals surface area (Å²) >= 11 is 0. The van der Waals surface area contributed by atoms with Crippen molar-refractivity contribution in [3.63, 3.8) is 0 Å². The van der Waals surface area contributed by atoms with Gasteiger partial charge in [-0.25, -0.2) is 0 Å². The molecule has 1 nitrogen and oxygen atoms in total. The number of rotatable bonds is 0. The predicted molar refractivity (Wildman–Crippen MR) is 59.3 cm³/mol. The molecule has 4 atom stereocenters. The molecule has 1 aliphatic heterocycles. The van der Waals surface area contributed by atoms with Crippen molar-refractivity contribution >= 4 is 0 Å². The van der Waals surface area contributed by atoms with Gasteiger partial charge in [-0.15, -0.1) is 0 Å². The molecule has 0 spiro atoms. The van der Waals surface area contributed by atoms with Gasteiger partial charge in [-0.05, 0) is 43.6 Å². The normalized spacial score (nSPS) is 57.6. The number of fused-ring (bicyclic) bond motifs is 3. The first-order valence-electron chi connectivity index (χ1n) is 6.31. The molecule has 80 valence electrons. The van der Waals surface area contributed by atoms with Gasteiger partial charge < -0.3 is 0 Å². The van der Waals surface area contributed by atoms with E-state index in [1.165, 1.54) is 38.5 Å². The van der Waals surface area contributed by atoms with Gasteiger partial charge in [0.2, 0.25) is 0 Å². The van der Waals surface area contributed by atoms with Crippen molar-refractivity contribution in [3.8, 4) is 0 Å². The lowest BCUT2D eigenvalue weighted by Crippen LogP contribution is -2.37. The van der Waals surface area contributed by atoms with Crippen molar-refractivity contribution in [2.75, 3.05) is 7.05 Å². The van der Waals surface area contributed by atoms with Crippen molar-refractivity contribution in [2.45, 2.75) is 64.5 Å². The maximum Gasteiger partial charge on any atom is 0.0155 e. The Bertz CT molecular complexity index is 236. The monoisotopic (exact) mass is 193 g/mol. The van der Waals surface area contributed by atoms with Crippen LogP contribution < -0.4 is 0 Å². The van der Waals surface area contributed by atoms with Crippen LogP contribution in [0.4, 0.5) is 0 Å². The minimum Gasteiger partial charge on any atom is -0.299 e. The highest BCUT2D eigenvalue weighted by Gasteiger charge is 2.64. The third kappa shape index (κ3) is 0.778. The second-order valence-electron chi connectivity index (χ2n) is 6.32. The number of hydrogen-bond donors (Lipinski definition) is 0. The molecule has 0 N–H and O–H groups in total. The van der Waals surface area contributed by atoms with Gasteiger partial charge in [0, 0.05) is 12.1 Å². The van der Waals surface area contributed by atoms with Crippen molar-refractivity contribution in [3.05, 3.63) is 0 Å². The molecular weight excluding hydrogens is 170 g/mol. The van der Waals surface area contributed by atoms with Gasteiger partial charge in [-0.1, -0.05) is 26.7 Å². The van der Waals surface area contributed by atoms with Crippen LogP contribution in [0.3, 0.4) is 0 Å². The van der Waals surface area contributed by atoms with Gasteiger partial charge in [0.25, 0.3) is 0 Å². The topological polar surface area (TPSA) is 3.24 Å². The molecule has 0 amide bonds. The highest BCUT2D eigenvalue weighted by Crippen LogP contribution is 2.65. The van der Waals surface area contributed by atoms with Crippen molar-refractivity contribution in [2.24, 2.45) is 10.8 Å². The molecule has 0 aromatic carbocycles. The highest BCUT2D eigenvalue weighted by molar-refractivity contribution is 5.17. The van der Waals surface area contributed by atoms with E-state index in [0.717, 1.165) is 12.1 Å². The van der Waals surface area contributed by atoms with E-state index in [-0.39, 0.29) is 0 Å². The SMILES string of the molecule is CN1[C@H]2CCC[C@@]2(C)[C@@]2(C)CCC[C@@H]12. The third-order valence-corrected chi connectivity index (χ3v) is 6.11. The molecule has 1 heteroatoms. The molecule has 0 radical (unpaired) electrons. The quantitative estimate of drug-likeness (QED) is 0.571. The average Bonchev–Trinajstić information content (AvgIpc) is 2.73. The number of nitrogens with zero attached hydrogens (tertiary/aromatic N) is 1. The van der Waals surface area contributed by atoms with Gasteiger partial charge in [0.1, 0.15) is 0 Å². The van der Waals surface area contributed by atoms with Crippen molar-refractivity contribution in [1.29, 1.82) is 0 Å². The zero-order valence-corrected chi connectivity index (χ0v) is 9.84. The van der Waals surface area contributed by atoms with Crippen LogP contribution >= 0.6 is 0 Å². The smallest absolute Gasteiger partial charge is 0.0155 e. The minimum absolute atomic E-state index is 0.642. The zero-order valence-electron chi connectivity index (χ0n) is 9.84. The summed E-state index contributed by atoms with van der Waals surface area (Å²) in [5.74, 6) is 0. The molecule has 0 bridgehead atoms. The van der Waals surface area contributed by atoms with E-state index >= 15 is 0 Å². The first kappa shape index (κ1) is 9.21. The van der Waals surface area contributed by atoms with Crippen molar-refractivity contribution in [1.82, 2.24) is 4.90 Å². The van der Waals surface area contributed by atoms with Gasteiger partial charge in [-0.3, -0.25) is 4.90 Å². The summed E-state index contributed by atoms with van der Waals surface area (Å²) in [6, 6.07) is 1.80. The first-order chi connectivity index (χ1) is 6.59. The minimum atomic E-state index is 0.642. The Morgan fingerprint density at radius 3 is 1.79 bits per heavy atom. The molecular formula is C13H23N. The van der Waals surface area contributed by atoms with Crippen LogP contribution in [0.25, 0.3) is 0 Å². The summed E-state index contributed by atoms with van der Waals surface area (Å²) < 4.78 is 0. The summed E-state index contributed by atoms with van der Waals surface area (Å²) in [4.78, 5) is 2.74. The molecule has 2 aliphatic carbocycles. The summed E-state index contributed by atoms with van der Waals surface area (Å²) in [6.07, 6.45) is 8.81. The van der Waals surface area contributed by atoms with Crippen LogP contribution in [-0.4, -0.2) is 24.0 Å². The van der Waals surface area contributed by atoms with E-state index in [1.54, 1.807) is 0 Å². The van der Waals surface area contributed by atoms with Crippen LogP contribution in [0.1, 0.15) is 52.4 Å². The zero-order chi connectivity index (χ0) is 9.97. The molecule has 1 heterocycles. The maximum atomic E-state index is 2.74. The lowest BCUT2D eigenvalue weighted by molar-refractivity contribution is 0.110. The fourth-order valence-electron chi connectivity index (χ4n) is 5.15. The summed E-state index contributed by atoms with van der Waals surface area (Å²) in [6.45, 7) is 5.15. The van der Waals surface area contributed by atoms with Crippen LogP contribution in [0, 0.1) is 10.8 Å². The van der Waals surface area contributed by atoms with Gasteiger partial charge in [-0.2, -0.15) is 0 Å². The van der Waals surface area contributed by atoms with E-state index in [2.05, 4.69) is 25.8 Å². The number of hydrogen-bond acceptors (Lipinski definition) is 1. The molecule has 0 aromatic heterocycles. The van der Waals surface area contributed by atoms with Gasteiger partial charge in [0.05, 0.1) is 0 Å². The Kier molecular flexibility index (Phi) is 1.68. The van der Waals surface area contributed by atoms with E-state index in [1.807, 2.05) is 0 Å². The van der Waals surface area contributed by atoms with Gasteiger partial charge in [0.15, 0.2) is 0 Å². The van der Waals surface area contributed by atoms with E-state index in [0.29, 0.717) is 10.8 Å². The molecule has 1 saturated heterocycles. The first-order valence-corrected chi connectivity index (χ1v) is 6.31. The molecule has 0 aromatic rings. The molecule has 3 fully saturated rings. The predicted octanol–water partition coefficient (Wildman–Crippen LogP) is 3.05. The molecule has 0 unspecified atom stereocenters. The molecule has 2 saturated carbocycles. The fourth-order valence-corrected chi connectivity index (χ4v) is 5.15. The molecule has 3 aliphatic rings. The third-order valence-electron chi connectivity index (χ3n) is 6.11. The van der Waals surface area contributed by atoms with Gasteiger partial charge >= 0.3 is 0 Å². The second kappa shape index (κ2) is 2.55. The van der Waals surface area contributed by atoms with E-state index < -0.39 is 0 Å². The van der Waals surface area contributed by atoms with Crippen LogP contribution in [0.5, 0.6) is 0 Å². The lowest BCUT2D eigenvalue weighted by Gasteiger charge is -2.40. The van der Waals surface area contributed by atoms with E-state index in [9.17, 15) is 0 Å². The average molecular weight is 193 g/mol. The van der Waals surface area contributed by atoms with Crippen LogP contribution in [0.2, 0.25) is 0 Å². The summed E-state index contributed by atoms with van der Waals surface area (Å²) in [7, 11) is 2.38. The number of likely N-dealkylation sites (tertiary alicyclic amines) is 1. The summed E-state index contributed by atoms with van der Waals surface area (Å²) in [5, 5.41) is 0. The fraction of sp³-hybridized carbons (Fsp3) is 1.00. The van der Waals surface area contributed by atoms with Crippen LogP contribution in [0.15, 0.2) is 0 Å². The Hall–Kier alpha value is -0.0400. The summed E-state index contributed by atoms with van der Waals surface area (Å²) in [5.41, 5.74) is 1.28. The lowest BCUT2D eigenvalue weighted by atomic mass is 9.63. The largest absolute Gasteiger partial charge is 0.299 e. The standard InChI is InChI=1S/C13H23N/c1-12-8-4-6-10(12)14(3)11-7-5-9-13(11,12)2/h10-11H,4-9H2,1-3H3/t10-,11+,12+,13-. The maximum absolute atomic E-state index is 2.74. The Labute approximate surface area is 87.9 Å². The van der Waals surface area contributed by atoms with Crippen molar-refractivity contribution < 1.29 is 0 Å². The Balaban J connectivity index is 2.06. The molecule has 14 heavy (non-hydrogen) atoms.